The number of fused-ring (bicyclic) bond motifs is 1. The highest BCUT2D eigenvalue weighted by molar-refractivity contribution is 7.07. The average Bonchev–Trinajstić information content (AvgIpc) is 3.26. The number of carbonyl (C=O) groups excluding carboxylic acids is 1. The van der Waals surface area contributed by atoms with E-state index >= 15 is 0 Å². The van der Waals surface area contributed by atoms with Crippen molar-refractivity contribution in [1.82, 2.24) is 10.6 Å². The number of aliphatic hydroxyl groups is 1. The van der Waals surface area contributed by atoms with Crippen molar-refractivity contribution in [3.63, 3.8) is 0 Å². The second-order valence-corrected chi connectivity index (χ2v) is 6.01. The fourth-order valence-electron chi connectivity index (χ4n) is 2.34. The first-order valence-corrected chi connectivity index (χ1v) is 8.39. The Kier molecular flexibility index (Phi) is 5.02. The number of hydrogen-bond donors (Lipinski definition) is 3. The molecule has 7 heteroatoms. The van der Waals surface area contributed by atoms with Crippen molar-refractivity contribution < 1.29 is 19.1 Å². The lowest BCUT2D eigenvalue weighted by atomic mass is 10.2. The molecule has 2 aromatic heterocycles. The fraction of sp³-hybridized carbons (Fsp3) is 0.235. The summed E-state index contributed by atoms with van der Waals surface area (Å²) < 4.78 is 11.0. The van der Waals surface area contributed by atoms with Gasteiger partial charge in [-0.25, -0.2) is 4.79 Å². The van der Waals surface area contributed by atoms with Crippen molar-refractivity contribution in [3.05, 3.63) is 52.4 Å². The lowest BCUT2D eigenvalue weighted by molar-refractivity contribution is 0.173. The molecule has 0 aliphatic carbocycles. The van der Waals surface area contributed by atoms with Gasteiger partial charge in [-0.2, -0.15) is 11.3 Å². The van der Waals surface area contributed by atoms with Crippen LogP contribution in [0.15, 0.2) is 45.5 Å². The maximum absolute atomic E-state index is 11.8. The molecule has 1 atom stereocenters. The van der Waals surface area contributed by atoms with E-state index in [2.05, 4.69) is 10.6 Å². The van der Waals surface area contributed by atoms with Crippen LogP contribution in [-0.4, -0.2) is 24.8 Å². The maximum Gasteiger partial charge on any atom is 0.315 e. The van der Waals surface area contributed by atoms with Crippen molar-refractivity contribution in [2.45, 2.75) is 12.6 Å². The summed E-state index contributed by atoms with van der Waals surface area (Å²) in [4.78, 5) is 11.8. The fourth-order valence-corrected chi connectivity index (χ4v) is 3.05. The predicted molar refractivity (Wildman–Crippen MR) is 92.3 cm³/mol. The molecule has 2 heterocycles. The van der Waals surface area contributed by atoms with Gasteiger partial charge in [-0.15, -0.1) is 0 Å². The molecule has 0 aliphatic heterocycles. The molecule has 2 amide bonds. The molecule has 3 N–H and O–H groups in total. The largest absolute Gasteiger partial charge is 0.493 e. The van der Waals surface area contributed by atoms with Gasteiger partial charge in [0, 0.05) is 11.9 Å². The second kappa shape index (κ2) is 7.37. The zero-order valence-corrected chi connectivity index (χ0v) is 13.9. The smallest absolute Gasteiger partial charge is 0.315 e. The topological polar surface area (TPSA) is 83.7 Å². The number of rotatable bonds is 6. The van der Waals surface area contributed by atoms with Crippen LogP contribution in [0.1, 0.15) is 17.4 Å². The van der Waals surface area contributed by atoms with Gasteiger partial charge < -0.3 is 24.9 Å². The number of ether oxygens (including phenoxy) is 1. The summed E-state index contributed by atoms with van der Waals surface area (Å²) in [5.41, 5.74) is 1.45. The molecule has 0 radical (unpaired) electrons. The molecule has 0 bridgehead atoms. The van der Waals surface area contributed by atoms with E-state index in [9.17, 15) is 9.90 Å². The number of para-hydroxylation sites is 1. The minimum Gasteiger partial charge on any atom is -0.493 e. The number of urea groups is 1. The van der Waals surface area contributed by atoms with Gasteiger partial charge in [-0.05, 0) is 34.5 Å². The highest BCUT2D eigenvalue weighted by atomic mass is 32.1. The van der Waals surface area contributed by atoms with Crippen LogP contribution < -0.4 is 15.4 Å². The third-order valence-electron chi connectivity index (χ3n) is 3.59. The number of hydrogen-bond acceptors (Lipinski definition) is 5. The Morgan fingerprint density at radius 2 is 2.25 bits per heavy atom. The van der Waals surface area contributed by atoms with Gasteiger partial charge in [0.25, 0.3) is 0 Å². The molecule has 1 aromatic carbocycles. The van der Waals surface area contributed by atoms with Crippen molar-refractivity contribution in [3.8, 4) is 5.75 Å². The number of thiophene rings is 1. The summed E-state index contributed by atoms with van der Waals surface area (Å²) in [6, 6.07) is 8.95. The lowest BCUT2D eigenvalue weighted by Gasteiger charge is -2.11. The molecule has 3 aromatic rings. The number of nitrogens with one attached hydrogen (secondary N) is 2. The van der Waals surface area contributed by atoms with Gasteiger partial charge in [-0.3, -0.25) is 0 Å². The molecular weight excluding hydrogens is 328 g/mol. The Bertz CT molecular complexity index is 813. The van der Waals surface area contributed by atoms with Crippen molar-refractivity contribution in [1.29, 1.82) is 0 Å². The molecule has 126 valence electrons. The molecule has 0 unspecified atom stereocenters. The van der Waals surface area contributed by atoms with Crippen LogP contribution in [-0.2, 0) is 6.54 Å². The molecule has 24 heavy (non-hydrogen) atoms. The number of furan rings is 1. The first-order valence-electron chi connectivity index (χ1n) is 7.44. The molecule has 0 spiro atoms. The summed E-state index contributed by atoms with van der Waals surface area (Å²) in [5.74, 6) is 1.28. The van der Waals surface area contributed by atoms with E-state index in [1.165, 1.54) is 11.3 Å². The van der Waals surface area contributed by atoms with Crippen LogP contribution in [0.4, 0.5) is 4.79 Å². The van der Waals surface area contributed by atoms with Crippen LogP contribution in [0.25, 0.3) is 11.0 Å². The number of methoxy groups -OCH3 is 1. The highest BCUT2D eigenvalue weighted by Crippen LogP contribution is 2.28. The Balaban J connectivity index is 1.53. The predicted octanol–water partition coefficient (Wildman–Crippen LogP) is 3.04. The monoisotopic (exact) mass is 346 g/mol. The lowest BCUT2D eigenvalue weighted by Crippen LogP contribution is -2.37. The van der Waals surface area contributed by atoms with Gasteiger partial charge in [0.15, 0.2) is 11.3 Å². The van der Waals surface area contributed by atoms with E-state index < -0.39 is 6.10 Å². The zero-order valence-electron chi connectivity index (χ0n) is 13.1. The first-order chi connectivity index (χ1) is 11.7. The van der Waals surface area contributed by atoms with Crippen LogP contribution in [0.3, 0.4) is 0 Å². The number of carbonyl (C=O) groups is 1. The molecular formula is C17H18N2O4S. The van der Waals surface area contributed by atoms with Gasteiger partial charge in [0.2, 0.25) is 0 Å². The quantitative estimate of drug-likeness (QED) is 0.640. The minimum absolute atomic E-state index is 0.149. The van der Waals surface area contributed by atoms with Crippen LogP contribution >= 0.6 is 11.3 Å². The highest BCUT2D eigenvalue weighted by Gasteiger charge is 2.11. The van der Waals surface area contributed by atoms with E-state index in [-0.39, 0.29) is 19.1 Å². The number of benzene rings is 1. The summed E-state index contributed by atoms with van der Waals surface area (Å²) in [6.07, 6.45) is -0.711. The molecule has 3 rings (SSSR count). The summed E-state index contributed by atoms with van der Waals surface area (Å²) in [7, 11) is 1.58. The van der Waals surface area contributed by atoms with Crippen LogP contribution in [0.2, 0.25) is 0 Å². The van der Waals surface area contributed by atoms with Gasteiger partial charge in [0.05, 0.1) is 19.8 Å². The molecule has 0 aliphatic rings. The summed E-state index contributed by atoms with van der Waals surface area (Å²) in [6.45, 7) is 0.398. The third kappa shape index (κ3) is 3.69. The van der Waals surface area contributed by atoms with Gasteiger partial charge in [0.1, 0.15) is 5.76 Å². The molecule has 6 nitrogen and oxygen atoms in total. The number of aliphatic hydroxyl groups excluding tert-OH is 1. The Morgan fingerprint density at radius 3 is 3.00 bits per heavy atom. The molecule has 0 fully saturated rings. The molecule has 0 saturated heterocycles. The van der Waals surface area contributed by atoms with E-state index in [1.807, 2.05) is 41.1 Å². The maximum atomic E-state index is 11.8. The normalized spacial score (nSPS) is 12.1. The van der Waals surface area contributed by atoms with Crippen molar-refractivity contribution >= 4 is 28.3 Å². The van der Waals surface area contributed by atoms with Crippen LogP contribution in [0, 0.1) is 0 Å². The standard InChI is InChI=1S/C17H18N2O4S/c1-22-15-4-2-3-11-7-13(23-16(11)15)8-18-17(21)19-9-14(20)12-5-6-24-10-12/h2-7,10,14,20H,8-9H2,1H3,(H2,18,19,21)/t14-/m0/s1. The van der Waals surface area contributed by atoms with E-state index in [0.29, 0.717) is 17.1 Å². The Morgan fingerprint density at radius 1 is 1.38 bits per heavy atom. The molecule has 0 saturated carbocycles. The van der Waals surface area contributed by atoms with E-state index in [0.717, 1.165) is 10.9 Å². The summed E-state index contributed by atoms with van der Waals surface area (Å²) in [5, 5.41) is 19.9. The van der Waals surface area contributed by atoms with Crippen molar-refractivity contribution in [2.75, 3.05) is 13.7 Å². The second-order valence-electron chi connectivity index (χ2n) is 5.23. The first kappa shape index (κ1) is 16.4. The van der Waals surface area contributed by atoms with E-state index in [1.54, 1.807) is 7.11 Å². The van der Waals surface area contributed by atoms with E-state index in [4.69, 9.17) is 9.15 Å². The summed E-state index contributed by atoms with van der Waals surface area (Å²) >= 11 is 1.50. The van der Waals surface area contributed by atoms with Crippen LogP contribution in [0.5, 0.6) is 5.75 Å². The average molecular weight is 346 g/mol. The number of amides is 2. The van der Waals surface area contributed by atoms with Crippen molar-refractivity contribution in [2.24, 2.45) is 0 Å². The SMILES string of the molecule is COc1cccc2cc(CNC(=O)NC[C@H](O)c3ccsc3)oc12. The Hall–Kier alpha value is -2.51. The third-order valence-corrected chi connectivity index (χ3v) is 4.29. The Labute approximate surface area is 143 Å². The minimum atomic E-state index is -0.711. The van der Waals surface area contributed by atoms with Gasteiger partial charge in [-0.1, -0.05) is 12.1 Å². The van der Waals surface area contributed by atoms with Gasteiger partial charge >= 0.3 is 6.03 Å². The zero-order chi connectivity index (χ0) is 16.9.